The van der Waals surface area contributed by atoms with Crippen molar-refractivity contribution in [2.75, 3.05) is 0 Å². The molecule has 10 rings (SSSR count). The summed E-state index contributed by atoms with van der Waals surface area (Å²) in [5.74, 6) is 0.703. The summed E-state index contributed by atoms with van der Waals surface area (Å²) >= 11 is 1.74. The molecule has 10 aromatic rings. The summed E-state index contributed by atoms with van der Waals surface area (Å²) in [5.41, 5.74) is 12.8. The third-order valence-corrected chi connectivity index (χ3v) is 10.7. The van der Waals surface area contributed by atoms with Gasteiger partial charge >= 0.3 is 0 Å². The Morgan fingerprint density at radius 2 is 1.00 bits per heavy atom. The van der Waals surface area contributed by atoms with Gasteiger partial charge in [-0.05, 0) is 53.6 Å². The second-order valence-corrected chi connectivity index (χ2v) is 13.9. The molecule has 244 valence electrons. The van der Waals surface area contributed by atoms with Gasteiger partial charge in [-0.25, -0.2) is 15.0 Å². The van der Waals surface area contributed by atoms with Gasteiger partial charge in [-0.2, -0.15) is 0 Å². The quantitative estimate of drug-likeness (QED) is 0.175. The molecule has 0 amide bonds. The fraction of sp³-hybridized carbons (Fsp3) is 0. The van der Waals surface area contributed by atoms with Crippen molar-refractivity contribution in [1.82, 2.24) is 19.5 Å². The van der Waals surface area contributed by atoms with E-state index < -0.39 is 0 Å². The van der Waals surface area contributed by atoms with Crippen LogP contribution in [0.4, 0.5) is 0 Å². The molecule has 3 heterocycles. The van der Waals surface area contributed by atoms with Gasteiger partial charge in [-0.3, -0.25) is 0 Å². The zero-order chi connectivity index (χ0) is 34.4. The smallest absolute Gasteiger partial charge is 0.160 e. The molecule has 0 saturated carbocycles. The lowest BCUT2D eigenvalue weighted by Crippen LogP contribution is -1.96. The van der Waals surface area contributed by atoms with Crippen molar-refractivity contribution >= 4 is 43.4 Å². The Morgan fingerprint density at radius 3 is 1.75 bits per heavy atom. The highest BCUT2D eigenvalue weighted by atomic mass is 32.1. The number of fused-ring (bicyclic) bond motifs is 4. The Bertz CT molecular complexity index is 2800. The molecule has 7 aromatic carbocycles. The van der Waals surface area contributed by atoms with Crippen molar-refractivity contribution in [2.24, 2.45) is 0 Å². The number of thiazole rings is 1. The van der Waals surface area contributed by atoms with Crippen molar-refractivity contribution in [3.8, 4) is 61.3 Å². The lowest BCUT2D eigenvalue weighted by molar-refractivity contribution is 1.18. The minimum absolute atomic E-state index is 0.703. The van der Waals surface area contributed by atoms with Crippen LogP contribution in [0, 0.1) is 0 Å². The summed E-state index contributed by atoms with van der Waals surface area (Å²) in [6.07, 6.45) is 0. The maximum absolute atomic E-state index is 5.03. The van der Waals surface area contributed by atoms with E-state index in [1.807, 2.05) is 42.5 Å². The van der Waals surface area contributed by atoms with Gasteiger partial charge in [0.05, 0.1) is 32.6 Å². The van der Waals surface area contributed by atoms with Crippen LogP contribution in [-0.2, 0) is 0 Å². The number of hydrogen-bond acceptors (Lipinski definition) is 4. The number of rotatable bonds is 6. The zero-order valence-corrected chi connectivity index (χ0v) is 28.8. The molecule has 5 heteroatoms. The summed E-state index contributed by atoms with van der Waals surface area (Å²) in [6.45, 7) is 0. The summed E-state index contributed by atoms with van der Waals surface area (Å²) in [6, 6.07) is 63.8. The zero-order valence-electron chi connectivity index (χ0n) is 28.0. The molecular weight excluding hydrogens is 653 g/mol. The van der Waals surface area contributed by atoms with E-state index in [0.717, 1.165) is 66.5 Å². The molecule has 0 aliphatic carbocycles. The number of aromatic nitrogens is 4. The number of hydrogen-bond donors (Lipinski definition) is 0. The summed E-state index contributed by atoms with van der Waals surface area (Å²) in [5, 5.41) is 3.49. The SMILES string of the molecule is c1ccc(-c2cc(-c3ccccc3)nc(-c3ccc(-c4cccc(-n5c6ccccc6c6ccc(-c7nc8ccccc8s7)cc65)c4)cc3)n2)cc1. The van der Waals surface area contributed by atoms with E-state index in [4.69, 9.17) is 15.0 Å². The Labute approximate surface area is 305 Å². The van der Waals surface area contributed by atoms with Crippen LogP contribution in [0.5, 0.6) is 0 Å². The van der Waals surface area contributed by atoms with E-state index in [1.54, 1.807) is 11.3 Å². The molecule has 0 radical (unpaired) electrons. The van der Waals surface area contributed by atoms with Crippen LogP contribution in [0.1, 0.15) is 0 Å². The third-order valence-electron chi connectivity index (χ3n) is 9.66. The maximum atomic E-state index is 5.03. The van der Waals surface area contributed by atoms with Gasteiger partial charge in [-0.1, -0.05) is 140 Å². The molecule has 4 nitrogen and oxygen atoms in total. The summed E-state index contributed by atoms with van der Waals surface area (Å²) < 4.78 is 3.58. The minimum Gasteiger partial charge on any atom is -0.309 e. The van der Waals surface area contributed by atoms with Crippen molar-refractivity contribution in [3.05, 3.63) is 182 Å². The Hall–Kier alpha value is -6.69. The predicted molar refractivity (Wildman–Crippen MR) is 217 cm³/mol. The molecule has 0 spiro atoms. The van der Waals surface area contributed by atoms with Crippen LogP contribution >= 0.6 is 11.3 Å². The highest BCUT2D eigenvalue weighted by molar-refractivity contribution is 7.21. The topological polar surface area (TPSA) is 43.6 Å². The Kier molecular flexibility index (Phi) is 7.29. The van der Waals surface area contributed by atoms with Gasteiger partial charge in [0.15, 0.2) is 5.82 Å². The van der Waals surface area contributed by atoms with Crippen LogP contribution in [0.2, 0.25) is 0 Å². The van der Waals surface area contributed by atoms with Crippen molar-refractivity contribution in [2.45, 2.75) is 0 Å². The van der Waals surface area contributed by atoms with Gasteiger partial charge in [0.2, 0.25) is 0 Å². The molecule has 0 aliphatic rings. The third kappa shape index (κ3) is 5.36. The Morgan fingerprint density at radius 1 is 0.385 bits per heavy atom. The largest absolute Gasteiger partial charge is 0.309 e. The average molecular weight is 683 g/mol. The van der Waals surface area contributed by atoms with Gasteiger partial charge < -0.3 is 4.57 Å². The van der Waals surface area contributed by atoms with Crippen LogP contribution in [-0.4, -0.2) is 19.5 Å². The molecule has 0 bridgehead atoms. The van der Waals surface area contributed by atoms with Crippen molar-refractivity contribution in [1.29, 1.82) is 0 Å². The van der Waals surface area contributed by atoms with Crippen LogP contribution in [0.3, 0.4) is 0 Å². The van der Waals surface area contributed by atoms with E-state index in [-0.39, 0.29) is 0 Å². The van der Waals surface area contributed by atoms with E-state index in [2.05, 4.69) is 144 Å². The number of benzene rings is 7. The standard InChI is InChI=1S/C47H30N4S/c1-3-12-32(13-4-1)41-30-42(33-14-5-2-6-15-33)49-46(48-41)34-24-22-31(23-25-34)35-16-11-17-37(28-35)51-43-20-9-7-18-38(43)39-27-26-36(29-44(39)51)47-50-40-19-8-10-21-45(40)52-47/h1-30H. The molecule has 0 atom stereocenters. The normalized spacial score (nSPS) is 11.5. The molecule has 0 fully saturated rings. The highest BCUT2D eigenvalue weighted by Gasteiger charge is 2.16. The van der Waals surface area contributed by atoms with Crippen LogP contribution in [0.15, 0.2) is 182 Å². The number of para-hydroxylation sites is 2. The van der Waals surface area contributed by atoms with E-state index in [0.29, 0.717) is 5.82 Å². The maximum Gasteiger partial charge on any atom is 0.160 e. The van der Waals surface area contributed by atoms with Crippen molar-refractivity contribution in [3.63, 3.8) is 0 Å². The fourth-order valence-electron chi connectivity index (χ4n) is 7.10. The Balaban J connectivity index is 1.05. The van der Waals surface area contributed by atoms with E-state index in [9.17, 15) is 0 Å². The van der Waals surface area contributed by atoms with Gasteiger partial charge in [0.1, 0.15) is 5.01 Å². The summed E-state index contributed by atoms with van der Waals surface area (Å²) in [7, 11) is 0. The minimum atomic E-state index is 0.703. The average Bonchev–Trinajstić information content (AvgIpc) is 3.81. The van der Waals surface area contributed by atoms with Crippen molar-refractivity contribution < 1.29 is 0 Å². The number of nitrogens with zero attached hydrogens (tertiary/aromatic N) is 4. The molecule has 0 saturated heterocycles. The fourth-order valence-corrected chi connectivity index (χ4v) is 8.07. The van der Waals surface area contributed by atoms with Crippen LogP contribution in [0.25, 0.3) is 93.3 Å². The molecule has 0 aliphatic heterocycles. The lowest BCUT2D eigenvalue weighted by Gasteiger charge is -2.12. The monoisotopic (exact) mass is 682 g/mol. The first-order valence-corrected chi connectivity index (χ1v) is 18.2. The first-order chi connectivity index (χ1) is 25.7. The summed E-state index contributed by atoms with van der Waals surface area (Å²) in [4.78, 5) is 15.0. The molecule has 0 unspecified atom stereocenters. The first-order valence-electron chi connectivity index (χ1n) is 17.4. The van der Waals surface area contributed by atoms with Crippen LogP contribution < -0.4 is 0 Å². The second-order valence-electron chi connectivity index (χ2n) is 12.9. The van der Waals surface area contributed by atoms with Gasteiger partial charge in [0.25, 0.3) is 0 Å². The highest BCUT2D eigenvalue weighted by Crippen LogP contribution is 2.38. The van der Waals surface area contributed by atoms with E-state index >= 15 is 0 Å². The lowest BCUT2D eigenvalue weighted by atomic mass is 10.0. The van der Waals surface area contributed by atoms with Gasteiger partial charge in [0, 0.05) is 38.7 Å². The second kappa shape index (κ2) is 12.6. The van der Waals surface area contributed by atoms with E-state index in [1.165, 1.54) is 21.0 Å². The molecular formula is C47H30N4S. The molecule has 3 aromatic heterocycles. The molecule has 0 N–H and O–H groups in total. The predicted octanol–water partition coefficient (Wildman–Crippen LogP) is 12.5. The first kappa shape index (κ1) is 30.2. The molecule has 52 heavy (non-hydrogen) atoms. The van der Waals surface area contributed by atoms with Gasteiger partial charge in [-0.15, -0.1) is 11.3 Å².